The molecule has 1 heterocycles. The minimum atomic E-state index is 0.360. The van der Waals surface area contributed by atoms with Gasteiger partial charge in [0, 0.05) is 11.4 Å². The van der Waals surface area contributed by atoms with Gasteiger partial charge >= 0.3 is 0 Å². The topological polar surface area (TPSA) is 72.5 Å². The van der Waals surface area contributed by atoms with Crippen LogP contribution in [0.15, 0.2) is 30.3 Å². The van der Waals surface area contributed by atoms with Crippen LogP contribution in [0.1, 0.15) is 16.8 Å². The number of hydrogen-bond acceptors (Lipinski definition) is 4. The second-order valence-electron chi connectivity index (χ2n) is 3.89. The fourth-order valence-corrected chi connectivity index (χ4v) is 1.79. The van der Waals surface area contributed by atoms with Gasteiger partial charge in [-0.1, -0.05) is 11.6 Å². The first-order valence-corrected chi connectivity index (χ1v) is 5.86. The van der Waals surface area contributed by atoms with Crippen LogP contribution < -0.4 is 5.32 Å². The summed E-state index contributed by atoms with van der Waals surface area (Å²) < 4.78 is 0. The van der Waals surface area contributed by atoms with Crippen molar-refractivity contribution in [3.63, 3.8) is 0 Å². The van der Waals surface area contributed by atoms with Crippen molar-refractivity contribution >= 4 is 23.1 Å². The summed E-state index contributed by atoms with van der Waals surface area (Å²) >= 11 is 5.95. The minimum absolute atomic E-state index is 0.360. The molecule has 0 unspecified atom stereocenters. The summed E-state index contributed by atoms with van der Waals surface area (Å²) in [4.78, 5) is 4.27. The van der Waals surface area contributed by atoms with Crippen LogP contribution in [-0.4, -0.2) is 4.98 Å². The quantitative estimate of drug-likeness (QED) is 0.904. The number of pyridine rings is 1. The Labute approximate surface area is 115 Å². The summed E-state index contributed by atoms with van der Waals surface area (Å²) in [5, 5.41) is 21.2. The molecule has 19 heavy (non-hydrogen) atoms. The molecule has 1 aromatic carbocycles. The minimum Gasteiger partial charge on any atom is -0.339 e. The van der Waals surface area contributed by atoms with E-state index < -0.39 is 0 Å². The Bertz CT molecular complexity index is 710. The molecule has 0 spiro atoms. The zero-order valence-electron chi connectivity index (χ0n) is 10.1. The van der Waals surface area contributed by atoms with Crippen LogP contribution in [-0.2, 0) is 0 Å². The number of aryl methyl sites for hydroxylation is 1. The van der Waals surface area contributed by atoms with E-state index in [-0.39, 0.29) is 0 Å². The highest BCUT2D eigenvalue weighted by Gasteiger charge is 2.06. The Hall–Kier alpha value is -2.56. The Morgan fingerprint density at radius 3 is 2.42 bits per heavy atom. The van der Waals surface area contributed by atoms with E-state index in [0.717, 1.165) is 5.69 Å². The zero-order chi connectivity index (χ0) is 13.8. The Morgan fingerprint density at radius 1 is 1.11 bits per heavy atom. The maximum absolute atomic E-state index is 9.02. The molecule has 2 aromatic rings. The van der Waals surface area contributed by atoms with Gasteiger partial charge < -0.3 is 5.32 Å². The van der Waals surface area contributed by atoms with Gasteiger partial charge in [0.15, 0.2) is 0 Å². The third-order valence-corrected chi connectivity index (χ3v) is 2.82. The first-order valence-electron chi connectivity index (χ1n) is 5.48. The standard InChI is InChI=1S/C14H9ClN4/c1-9-2-3-11(8-17)14(18-9)19-12-5-4-10(7-16)13(15)6-12/h2-6H,1H3,(H,18,19). The molecule has 0 saturated heterocycles. The highest BCUT2D eigenvalue weighted by molar-refractivity contribution is 6.32. The average molecular weight is 269 g/mol. The van der Waals surface area contributed by atoms with Crippen molar-refractivity contribution in [2.75, 3.05) is 5.32 Å². The predicted molar refractivity (Wildman–Crippen MR) is 73.1 cm³/mol. The second-order valence-corrected chi connectivity index (χ2v) is 4.30. The van der Waals surface area contributed by atoms with E-state index >= 15 is 0 Å². The van der Waals surface area contributed by atoms with E-state index in [2.05, 4.69) is 16.4 Å². The normalized spacial score (nSPS) is 9.47. The van der Waals surface area contributed by atoms with Gasteiger partial charge in [0.1, 0.15) is 18.0 Å². The van der Waals surface area contributed by atoms with Crippen molar-refractivity contribution in [3.8, 4) is 12.1 Å². The van der Waals surface area contributed by atoms with Gasteiger partial charge in [-0.3, -0.25) is 0 Å². The largest absolute Gasteiger partial charge is 0.339 e. The van der Waals surface area contributed by atoms with Crippen LogP contribution in [0.4, 0.5) is 11.5 Å². The molecule has 4 nitrogen and oxygen atoms in total. The van der Waals surface area contributed by atoms with Gasteiger partial charge in [-0.25, -0.2) is 4.98 Å². The van der Waals surface area contributed by atoms with E-state index in [1.165, 1.54) is 0 Å². The smallest absolute Gasteiger partial charge is 0.148 e. The highest BCUT2D eigenvalue weighted by Crippen LogP contribution is 2.24. The molecule has 0 aliphatic carbocycles. The van der Waals surface area contributed by atoms with Crippen molar-refractivity contribution in [2.45, 2.75) is 6.92 Å². The number of halogens is 1. The summed E-state index contributed by atoms with van der Waals surface area (Å²) in [6, 6.07) is 12.5. The molecule has 5 heteroatoms. The van der Waals surface area contributed by atoms with Gasteiger partial charge in [-0.2, -0.15) is 10.5 Å². The van der Waals surface area contributed by atoms with Crippen LogP contribution in [0.3, 0.4) is 0 Å². The second kappa shape index (κ2) is 5.39. The lowest BCUT2D eigenvalue weighted by Crippen LogP contribution is -1.98. The van der Waals surface area contributed by atoms with Crippen LogP contribution in [0, 0.1) is 29.6 Å². The third kappa shape index (κ3) is 2.82. The molecule has 0 aliphatic heterocycles. The summed E-state index contributed by atoms with van der Waals surface area (Å²) in [7, 11) is 0. The molecule has 0 bridgehead atoms. The van der Waals surface area contributed by atoms with Crippen molar-refractivity contribution in [3.05, 3.63) is 52.2 Å². The number of nitrogens with zero attached hydrogens (tertiary/aromatic N) is 3. The lowest BCUT2D eigenvalue weighted by Gasteiger charge is -2.08. The van der Waals surface area contributed by atoms with Gasteiger partial charge in [0.2, 0.25) is 0 Å². The number of hydrogen-bond donors (Lipinski definition) is 1. The Morgan fingerprint density at radius 2 is 1.79 bits per heavy atom. The molecule has 0 aliphatic rings. The Balaban J connectivity index is 2.37. The van der Waals surface area contributed by atoms with Crippen LogP contribution in [0.2, 0.25) is 5.02 Å². The van der Waals surface area contributed by atoms with E-state index in [0.29, 0.717) is 27.7 Å². The van der Waals surface area contributed by atoms with Gasteiger partial charge in [-0.05, 0) is 37.3 Å². The van der Waals surface area contributed by atoms with Gasteiger partial charge in [-0.15, -0.1) is 0 Å². The molecule has 92 valence electrons. The molecule has 0 saturated carbocycles. The van der Waals surface area contributed by atoms with Crippen molar-refractivity contribution in [2.24, 2.45) is 0 Å². The number of anilines is 2. The van der Waals surface area contributed by atoms with E-state index in [1.807, 2.05) is 13.0 Å². The molecular formula is C14H9ClN4. The SMILES string of the molecule is Cc1ccc(C#N)c(Nc2ccc(C#N)c(Cl)c2)n1. The summed E-state index contributed by atoms with van der Waals surface area (Å²) in [6.45, 7) is 1.85. The molecule has 0 radical (unpaired) electrons. The number of aromatic nitrogens is 1. The number of nitrogens with one attached hydrogen (secondary N) is 1. The molecule has 2 rings (SSSR count). The first-order chi connectivity index (χ1) is 9.13. The van der Waals surface area contributed by atoms with Crippen LogP contribution in [0.5, 0.6) is 0 Å². The van der Waals surface area contributed by atoms with Crippen LogP contribution in [0.25, 0.3) is 0 Å². The summed E-state index contributed by atoms with van der Waals surface area (Å²) in [6.07, 6.45) is 0. The summed E-state index contributed by atoms with van der Waals surface area (Å²) in [5.74, 6) is 0.475. The fourth-order valence-electron chi connectivity index (χ4n) is 1.56. The number of nitriles is 2. The van der Waals surface area contributed by atoms with Gasteiger partial charge in [0.05, 0.1) is 16.1 Å². The van der Waals surface area contributed by atoms with Crippen molar-refractivity contribution in [1.29, 1.82) is 10.5 Å². The average Bonchev–Trinajstić information content (AvgIpc) is 2.39. The lowest BCUT2D eigenvalue weighted by molar-refractivity contribution is 1.19. The molecular weight excluding hydrogens is 260 g/mol. The van der Waals surface area contributed by atoms with Gasteiger partial charge in [0.25, 0.3) is 0 Å². The fraction of sp³-hybridized carbons (Fsp3) is 0.0714. The number of benzene rings is 1. The highest BCUT2D eigenvalue weighted by atomic mass is 35.5. The predicted octanol–water partition coefficient (Wildman–Crippen LogP) is 3.53. The molecule has 0 atom stereocenters. The van der Waals surface area contributed by atoms with Crippen molar-refractivity contribution in [1.82, 2.24) is 4.98 Å². The molecule has 0 fully saturated rings. The molecule has 1 aromatic heterocycles. The van der Waals surface area contributed by atoms with E-state index in [9.17, 15) is 0 Å². The van der Waals surface area contributed by atoms with E-state index in [4.69, 9.17) is 22.1 Å². The Kier molecular flexibility index (Phi) is 3.66. The molecule has 0 amide bonds. The number of rotatable bonds is 2. The maximum Gasteiger partial charge on any atom is 0.148 e. The lowest BCUT2D eigenvalue weighted by atomic mass is 10.2. The zero-order valence-corrected chi connectivity index (χ0v) is 10.9. The van der Waals surface area contributed by atoms with Crippen LogP contribution >= 0.6 is 11.6 Å². The first kappa shape index (κ1) is 12.9. The monoisotopic (exact) mass is 268 g/mol. The molecule has 1 N–H and O–H groups in total. The maximum atomic E-state index is 9.02. The van der Waals surface area contributed by atoms with Crippen molar-refractivity contribution < 1.29 is 0 Å². The summed E-state index contributed by atoms with van der Waals surface area (Å²) in [5.41, 5.74) is 2.34. The third-order valence-electron chi connectivity index (χ3n) is 2.51. The van der Waals surface area contributed by atoms with E-state index in [1.54, 1.807) is 30.3 Å².